The van der Waals surface area contributed by atoms with Crippen LogP contribution < -0.4 is 15.4 Å². The average molecular weight is 451 g/mol. The van der Waals surface area contributed by atoms with Crippen LogP contribution in [0.25, 0.3) is 0 Å². The molecule has 0 unspecified atom stereocenters. The molecule has 0 amide bonds. The third-order valence-electron chi connectivity index (χ3n) is 5.50. The summed E-state index contributed by atoms with van der Waals surface area (Å²) in [5, 5.41) is 25.9. The summed E-state index contributed by atoms with van der Waals surface area (Å²) in [6.45, 7) is 2.45. The van der Waals surface area contributed by atoms with Crippen molar-refractivity contribution >= 4 is 11.8 Å². The van der Waals surface area contributed by atoms with Gasteiger partial charge in [0.05, 0.1) is 17.9 Å². The largest absolute Gasteiger partial charge is 0.468 e. The molecule has 3 rings (SSSR count). The van der Waals surface area contributed by atoms with E-state index in [4.69, 9.17) is 4.74 Å². The van der Waals surface area contributed by atoms with Crippen LogP contribution in [0.4, 0.5) is 24.9 Å². The fourth-order valence-corrected chi connectivity index (χ4v) is 3.50. The van der Waals surface area contributed by atoms with Crippen molar-refractivity contribution in [3.63, 3.8) is 0 Å². The topological polar surface area (TPSA) is 129 Å². The first-order chi connectivity index (χ1) is 15.1. The van der Waals surface area contributed by atoms with E-state index >= 15 is 0 Å². The third kappa shape index (κ3) is 5.73. The van der Waals surface area contributed by atoms with Gasteiger partial charge in [-0.05, 0) is 19.3 Å². The van der Waals surface area contributed by atoms with Crippen molar-refractivity contribution in [3.05, 3.63) is 29.8 Å². The van der Waals surface area contributed by atoms with Crippen LogP contribution in [-0.4, -0.2) is 50.0 Å². The number of anilines is 2. The van der Waals surface area contributed by atoms with Gasteiger partial charge in [0.1, 0.15) is 23.8 Å². The molecule has 0 aliphatic heterocycles. The molecule has 12 heteroatoms. The van der Waals surface area contributed by atoms with Gasteiger partial charge in [-0.15, -0.1) is 0 Å². The second-order valence-electron chi connectivity index (χ2n) is 8.14. The number of aliphatic hydroxyl groups is 1. The lowest BCUT2D eigenvalue weighted by molar-refractivity contribution is -0.154. The highest BCUT2D eigenvalue weighted by Crippen LogP contribution is 2.37. The van der Waals surface area contributed by atoms with Gasteiger partial charge < -0.3 is 20.5 Å². The Kier molecular flexibility index (Phi) is 6.98. The molecule has 0 aromatic carbocycles. The zero-order valence-electron chi connectivity index (χ0n) is 17.6. The Morgan fingerprint density at radius 1 is 1.28 bits per heavy atom. The average Bonchev–Trinajstić information content (AvgIpc) is 2.74. The van der Waals surface area contributed by atoms with Crippen LogP contribution in [0.3, 0.4) is 0 Å². The van der Waals surface area contributed by atoms with E-state index < -0.39 is 24.3 Å². The second-order valence-corrected chi connectivity index (χ2v) is 8.14. The van der Waals surface area contributed by atoms with Crippen molar-refractivity contribution < 1.29 is 23.0 Å². The van der Waals surface area contributed by atoms with Crippen LogP contribution in [-0.2, 0) is 6.54 Å². The summed E-state index contributed by atoms with van der Waals surface area (Å²) < 4.78 is 42.1. The number of hydrogen-bond acceptors (Lipinski definition) is 9. The predicted octanol–water partition coefficient (Wildman–Crippen LogP) is 3.04. The van der Waals surface area contributed by atoms with Gasteiger partial charge in [0.25, 0.3) is 0 Å². The second kappa shape index (κ2) is 9.52. The number of rotatable bonds is 7. The van der Waals surface area contributed by atoms with E-state index in [1.165, 1.54) is 12.4 Å². The maximum absolute atomic E-state index is 12.5. The van der Waals surface area contributed by atoms with Gasteiger partial charge in [0, 0.05) is 24.2 Å². The molecule has 0 saturated heterocycles. The van der Waals surface area contributed by atoms with E-state index in [-0.39, 0.29) is 35.5 Å². The van der Waals surface area contributed by atoms with Gasteiger partial charge >= 0.3 is 6.18 Å². The van der Waals surface area contributed by atoms with Crippen molar-refractivity contribution in [1.82, 2.24) is 19.9 Å². The summed E-state index contributed by atoms with van der Waals surface area (Å²) in [5.41, 5.74) is 0.106. The van der Waals surface area contributed by atoms with E-state index in [0.29, 0.717) is 12.2 Å². The molecule has 1 saturated carbocycles. The Balaban J connectivity index is 1.74. The Labute approximate surface area is 183 Å². The quantitative estimate of drug-likeness (QED) is 0.582. The number of hydrogen-bond donors (Lipinski definition) is 3. The number of ether oxygens (including phenoxy) is 1. The summed E-state index contributed by atoms with van der Waals surface area (Å²) in [6, 6.07) is 1.93. The predicted molar refractivity (Wildman–Crippen MR) is 109 cm³/mol. The highest BCUT2D eigenvalue weighted by molar-refractivity contribution is 5.54. The molecule has 2 aromatic rings. The molecule has 1 aliphatic rings. The van der Waals surface area contributed by atoms with Crippen LogP contribution in [0.1, 0.15) is 44.2 Å². The zero-order valence-corrected chi connectivity index (χ0v) is 17.6. The van der Waals surface area contributed by atoms with Crippen LogP contribution in [0, 0.1) is 16.7 Å². The number of nitrogens with zero attached hydrogens (tertiary/aromatic N) is 5. The number of halogens is 3. The lowest BCUT2D eigenvalue weighted by atomic mass is 9.71. The number of nitriles is 1. The number of alkyl halides is 3. The molecule has 2 atom stereocenters. The van der Waals surface area contributed by atoms with Gasteiger partial charge in [-0.2, -0.15) is 23.4 Å². The molecule has 0 bridgehead atoms. The van der Waals surface area contributed by atoms with E-state index in [0.717, 1.165) is 19.2 Å². The van der Waals surface area contributed by atoms with Crippen molar-refractivity contribution in [1.29, 1.82) is 5.26 Å². The summed E-state index contributed by atoms with van der Waals surface area (Å²) in [7, 11) is 0. The van der Waals surface area contributed by atoms with Gasteiger partial charge in [0.2, 0.25) is 11.8 Å². The summed E-state index contributed by atoms with van der Waals surface area (Å²) in [5.74, 6) is 0.274. The standard InChI is InChI=1S/C20H24F3N7O2/c1-19(2)14(4-3-5-15(19)31)29-16-12(6-24)8-26-18(30-16)27-9-13-7-25-11-28-17(13)32-10-20(21,22)23/h7-8,11,14-15,31H,3-5,9-10H2,1-2H3,(H2,26,27,29,30)/t14-,15+/m1/s1. The van der Waals surface area contributed by atoms with Crippen molar-refractivity contribution in [2.45, 2.75) is 58.0 Å². The van der Waals surface area contributed by atoms with Crippen LogP contribution >= 0.6 is 0 Å². The van der Waals surface area contributed by atoms with E-state index in [1.807, 2.05) is 19.9 Å². The Morgan fingerprint density at radius 3 is 2.78 bits per heavy atom. The normalized spacial score (nSPS) is 20.3. The molecule has 9 nitrogen and oxygen atoms in total. The highest BCUT2D eigenvalue weighted by atomic mass is 19.4. The smallest absolute Gasteiger partial charge is 0.422 e. The van der Waals surface area contributed by atoms with Gasteiger partial charge in [-0.3, -0.25) is 0 Å². The lowest BCUT2D eigenvalue weighted by Crippen LogP contribution is -2.48. The van der Waals surface area contributed by atoms with Gasteiger partial charge in [-0.1, -0.05) is 13.8 Å². The highest BCUT2D eigenvalue weighted by Gasteiger charge is 2.39. The van der Waals surface area contributed by atoms with Crippen LogP contribution in [0.2, 0.25) is 0 Å². The first kappa shape index (κ1) is 23.5. The fourth-order valence-electron chi connectivity index (χ4n) is 3.50. The van der Waals surface area contributed by atoms with Gasteiger partial charge in [-0.25, -0.2) is 15.0 Å². The molecule has 32 heavy (non-hydrogen) atoms. The molecule has 1 fully saturated rings. The van der Waals surface area contributed by atoms with E-state index in [1.54, 1.807) is 0 Å². The maximum Gasteiger partial charge on any atom is 0.422 e. The van der Waals surface area contributed by atoms with Crippen molar-refractivity contribution in [2.75, 3.05) is 17.2 Å². The Morgan fingerprint density at radius 2 is 2.06 bits per heavy atom. The SMILES string of the molecule is CC1(C)[C@@H](O)CCC[C@H]1Nc1nc(NCc2cncnc2OCC(F)(F)F)ncc1C#N. The minimum absolute atomic E-state index is 0.00695. The first-order valence-corrected chi connectivity index (χ1v) is 10.0. The van der Waals surface area contributed by atoms with E-state index in [2.05, 4.69) is 30.6 Å². The summed E-state index contributed by atoms with van der Waals surface area (Å²) in [4.78, 5) is 16.0. The van der Waals surface area contributed by atoms with Crippen molar-refractivity contribution in [3.8, 4) is 11.9 Å². The molecular weight excluding hydrogens is 427 g/mol. The third-order valence-corrected chi connectivity index (χ3v) is 5.50. The minimum Gasteiger partial charge on any atom is -0.468 e. The molecule has 2 heterocycles. The van der Waals surface area contributed by atoms with Crippen LogP contribution in [0.5, 0.6) is 5.88 Å². The first-order valence-electron chi connectivity index (χ1n) is 10.0. The van der Waals surface area contributed by atoms with Crippen molar-refractivity contribution in [2.24, 2.45) is 5.41 Å². The molecule has 3 N–H and O–H groups in total. The molecular formula is C20H24F3N7O2. The number of nitrogens with one attached hydrogen (secondary N) is 2. The monoisotopic (exact) mass is 451 g/mol. The fraction of sp³-hybridized carbons (Fsp3) is 0.550. The lowest BCUT2D eigenvalue weighted by Gasteiger charge is -2.43. The summed E-state index contributed by atoms with van der Waals surface area (Å²) in [6.07, 6.45) is 1.17. The number of aliphatic hydroxyl groups excluding tert-OH is 1. The van der Waals surface area contributed by atoms with E-state index in [9.17, 15) is 23.5 Å². The van der Waals surface area contributed by atoms with Gasteiger partial charge in [0.15, 0.2) is 6.61 Å². The number of aromatic nitrogens is 4. The zero-order chi connectivity index (χ0) is 23.4. The molecule has 172 valence electrons. The Bertz CT molecular complexity index is 978. The maximum atomic E-state index is 12.5. The molecule has 1 aliphatic carbocycles. The Hall–Kier alpha value is -3.20. The molecule has 0 radical (unpaired) electrons. The molecule has 0 spiro atoms. The van der Waals surface area contributed by atoms with Crippen LogP contribution in [0.15, 0.2) is 18.7 Å². The minimum atomic E-state index is -4.49. The molecule has 2 aromatic heterocycles. The summed E-state index contributed by atoms with van der Waals surface area (Å²) >= 11 is 0.